The minimum absolute atomic E-state index is 0.210. The average molecular weight is 414 g/mol. The summed E-state index contributed by atoms with van der Waals surface area (Å²) in [7, 11) is 0. The van der Waals surface area contributed by atoms with E-state index < -0.39 is 5.97 Å². The minimum atomic E-state index is -0.960. The lowest BCUT2D eigenvalue weighted by Gasteiger charge is -2.30. The molecule has 1 fully saturated rings. The van der Waals surface area contributed by atoms with E-state index >= 15 is 0 Å². The van der Waals surface area contributed by atoms with Crippen LogP contribution in [0.3, 0.4) is 0 Å². The Hall–Kier alpha value is -3.37. The Labute approximate surface area is 183 Å². The van der Waals surface area contributed by atoms with Crippen LogP contribution >= 0.6 is 0 Å². The van der Waals surface area contributed by atoms with Gasteiger partial charge in [-0.1, -0.05) is 78.4 Å². The molecule has 1 N–H and O–H groups in total. The number of hydrogen-bond acceptors (Lipinski definition) is 3. The number of nitrogens with zero attached hydrogens (tertiary/aromatic N) is 1. The van der Waals surface area contributed by atoms with Crippen LogP contribution in [0.1, 0.15) is 34.3 Å². The van der Waals surface area contributed by atoms with Crippen molar-refractivity contribution in [2.75, 3.05) is 26.2 Å². The first kappa shape index (κ1) is 20.9. The molecule has 0 unspecified atom stereocenters. The molecule has 3 aromatic rings. The van der Waals surface area contributed by atoms with Gasteiger partial charge >= 0.3 is 5.97 Å². The Morgan fingerprint density at radius 2 is 1.35 bits per heavy atom. The van der Waals surface area contributed by atoms with E-state index in [-0.39, 0.29) is 5.56 Å². The SMILES string of the molecule is O=C(O)c1ccccc1OCCN1CCC(=C(c2ccccc2)c2ccccc2)CC1. The molecule has 1 aliphatic rings. The molecule has 4 rings (SSSR count). The molecule has 0 radical (unpaired) electrons. The third-order valence-corrected chi connectivity index (χ3v) is 5.72. The van der Waals surface area contributed by atoms with Crippen molar-refractivity contribution >= 4 is 11.5 Å². The van der Waals surface area contributed by atoms with E-state index in [4.69, 9.17) is 4.74 Å². The number of rotatable bonds is 7. The summed E-state index contributed by atoms with van der Waals surface area (Å²) in [6.07, 6.45) is 2.04. The number of likely N-dealkylation sites (tertiary alicyclic amines) is 1. The first-order chi connectivity index (χ1) is 15.2. The number of aromatic carboxylic acids is 1. The van der Waals surface area contributed by atoms with Gasteiger partial charge in [0.2, 0.25) is 0 Å². The third kappa shape index (κ3) is 5.22. The molecule has 0 bridgehead atoms. The highest BCUT2D eigenvalue weighted by Crippen LogP contribution is 2.32. The Morgan fingerprint density at radius 3 is 1.94 bits per heavy atom. The van der Waals surface area contributed by atoms with Crippen LogP contribution < -0.4 is 4.74 Å². The molecule has 0 aliphatic carbocycles. The lowest BCUT2D eigenvalue weighted by atomic mass is 9.88. The maximum Gasteiger partial charge on any atom is 0.339 e. The number of para-hydroxylation sites is 1. The second-order valence-corrected chi connectivity index (χ2v) is 7.70. The minimum Gasteiger partial charge on any atom is -0.491 e. The molecule has 1 saturated heterocycles. The van der Waals surface area contributed by atoms with Gasteiger partial charge in [0.15, 0.2) is 0 Å². The number of carboxylic acid groups (broad SMARTS) is 1. The van der Waals surface area contributed by atoms with E-state index in [2.05, 4.69) is 65.6 Å². The molecule has 0 atom stereocenters. The van der Waals surface area contributed by atoms with Crippen molar-refractivity contribution in [2.45, 2.75) is 12.8 Å². The molecule has 0 spiro atoms. The van der Waals surface area contributed by atoms with Crippen LogP contribution in [0.2, 0.25) is 0 Å². The van der Waals surface area contributed by atoms with Crippen LogP contribution in [-0.4, -0.2) is 42.2 Å². The van der Waals surface area contributed by atoms with Crippen LogP contribution in [0.4, 0.5) is 0 Å². The zero-order chi connectivity index (χ0) is 21.5. The summed E-state index contributed by atoms with van der Waals surface area (Å²) >= 11 is 0. The zero-order valence-electron chi connectivity index (χ0n) is 17.5. The van der Waals surface area contributed by atoms with Gasteiger partial charge in [-0.3, -0.25) is 4.90 Å². The van der Waals surface area contributed by atoms with Gasteiger partial charge in [-0.2, -0.15) is 0 Å². The van der Waals surface area contributed by atoms with E-state index in [1.165, 1.54) is 22.3 Å². The van der Waals surface area contributed by atoms with Crippen LogP contribution in [0.15, 0.2) is 90.5 Å². The van der Waals surface area contributed by atoms with Gasteiger partial charge in [0.1, 0.15) is 17.9 Å². The lowest BCUT2D eigenvalue weighted by Crippen LogP contribution is -2.34. The fourth-order valence-corrected chi connectivity index (χ4v) is 4.13. The second kappa shape index (κ2) is 10.1. The van der Waals surface area contributed by atoms with Crippen molar-refractivity contribution in [3.05, 3.63) is 107 Å². The van der Waals surface area contributed by atoms with E-state index in [1.807, 2.05) is 0 Å². The number of carbonyl (C=O) groups is 1. The second-order valence-electron chi connectivity index (χ2n) is 7.70. The Morgan fingerprint density at radius 1 is 0.806 bits per heavy atom. The fraction of sp³-hybridized carbons (Fsp3) is 0.222. The summed E-state index contributed by atoms with van der Waals surface area (Å²) in [6, 6.07) is 28.1. The molecule has 0 amide bonds. The Kier molecular flexibility index (Phi) is 6.80. The predicted octanol–water partition coefficient (Wildman–Crippen LogP) is 5.36. The summed E-state index contributed by atoms with van der Waals surface area (Å²) in [4.78, 5) is 13.7. The smallest absolute Gasteiger partial charge is 0.339 e. The van der Waals surface area contributed by atoms with Gasteiger partial charge in [-0.25, -0.2) is 4.79 Å². The fourth-order valence-electron chi connectivity index (χ4n) is 4.13. The number of carboxylic acids is 1. The molecular weight excluding hydrogens is 386 g/mol. The summed E-state index contributed by atoms with van der Waals surface area (Å²) < 4.78 is 5.78. The molecule has 0 saturated carbocycles. The first-order valence-corrected chi connectivity index (χ1v) is 10.7. The molecule has 158 valence electrons. The van der Waals surface area contributed by atoms with Crippen molar-refractivity contribution in [3.63, 3.8) is 0 Å². The van der Waals surface area contributed by atoms with Gasteiger partial charge in [-0.15, -0.1) is 0 Å². The summed E-state index contributed by atoms with van der Waals surface area (Å²) in [6.45, 7) is 3.21. The van der Waals surface area contributed by atoms with Crippen LogP contribution in [-0.2, 0) is 0 Å². The maximum atomic E-state index is 11.3. The van der Waals surface area contributed by atoms with Crippen LogP contribution in [0, 0.1) is 0 Å². The number of benzene rings is 3. The average Bonchev–Trinajstić information content (AvgIpc) is 2.82. The van der Waals surface area contributed by atoms with E-state index in [1.54, 1.807) is 24.3 Å². The maximum absolute atomic E-state index is 11.3. The monoisotopic (exact) mass is 413 g/mol. The molecule has 0 aromatic heterocycles. The molecule has 31 heavy (non-hydrogen) atoms. The molecular formula is C27H27NO3. The number of hydrogen-bond donors (Lipinski definition) is 1. The first-order valence-electron chi connectivity index (χ1n) is 10.7. The Bertz CT molecular complexity index is 993. The van der Waals surface area contributed by atoms with Crippen molar-refractivity contribution in [1.82, 2.24) is 4.90 Å². The standard InChI is InChI=1S/C27H27NO3/c29-27(30)24-13-7-8-14-25(24)31-20-19-28-17-15-23(16-18-28)26(21-9-3-1-4-10-21)22-11-5-2-6-12-22/h1-14H,15-20H2,(H,29,30). The zero-order valence-corrected chi connectivity index (χ0v) is 17.5. The van der Waals surface area contributed by atoms with Crippen molar-refractivity contribution in [3.8, 4) is 5.75 Å². The predicted molar refractivity (Wildman–Crippen MR) is 123 cm³/mol. The summed E-state index contributed by atoms with van der Waals surface area (Å²) in [5.74, 6) is -0.527. The van der Waals surface area contributed by atoms with Gasteiger partial charge in [0.25, 0.3) is 0 Å². The molecule has 1 aliphatic heterocycles. The Balaban J connectivity index is 1.41. The van der Waals surface area contributed by atoms with Gasteiger partial charge in [0, 0.05) is 19.6 Å². The van der Waals surface area contributed by atoms with Crippen molar-refractivity contribution in [2.24, 2.45) is 0 Å². The highest BCUT2D eigenvalue weighted by atomic mass is 16.5. The topological polar surface area (TPSA) is 49.8 Å². The van der Waals surface area contributed by atoms with Crippen LogP contribution in [0.5, 0.6) is 5.75 Å². The van der Waals surface area contributed by atoms with Gasteiger partial charge < -0.3 is 9.84 Å². The quantitative estimate of drug-likeness (QED) is 0.566. The number of ether oxygens (including phenoxy) is 1. The summed E-state index contributed by atoms with van der Waals surface area (Å²) in [5.41, 5.74) is 5.59. The number of piperidine rings is 1. The molecule has 3 aromatic carbocycles. The highest BCUT2D eigenvalue weighted by Gasteiger charge is 2.19. The van der Waals surface area contributed by atoms with E-state index in [0.717, 1.165) is 32.5 Å². The molecule has 1 heterocycles. The normalized spacial score (nSPS) is 14.3. The lowest BCUT2D eigenvalue weighted by molar-refractivity contribution is 0.0691. The molecule has 4 heteroatoms. The largest absolute Gasteiger partial charge is 0.491 e. The van der Waals surface area contributed by atoms with E-state index in [9.17, 15) is 9.90 Å². The third-order valence-electron chi connectivity index (χ3n) is 5.72. The van der Waals surface area contributed by atoms with Crippen molar-refractivity contribution in [1.29, 1.82) is 0 Å². The molecule has 4 nitrogen and oxygen atoms in total. The van der Waals surface area contributed by atoms with Gasteiger partial charge in [-0.05, 0) is 41.7 Å². The van der Waals surface area contributed by atoms with Crippen molar-refractivity contribution < 1.29 is 14.6 Å². The van der Waals surface area contributed by atoms with E-state index in [0.29, 0.717) is 12.4 Å². The van der Waals surface area contributed by atoms with Crippen LogP contribution in [0.25, 0.3) is 5.57 Å². The summed E-state index contributed by atoms with van der Waals surface area (Å²) in [5, 5.41) is 9.29. The van der Waals surface area contributed by atoms with Gasteiger partial charge in [0.05, 0.1) is 0 Å². The highest BCUT2D eigenvalue weighted by molar-refractivity contribution is 5.90.